The molecule has 1 aromatic heterocycles. The van der Waals surface area contributed by atoms with Crippen molar-refractivity contribution in [2.24, 2.45) is 0 Å². The molecule has 0 spiro atoms. The lowest BCUT2D eigenvalue weighted by atomic mass is 10.2. The number of rotatable bonds is 0. The zero-order valence-corrected chi connectivity index (χ0v) is 7.49. The minimum Gasteiger partial charge on any atom is -0.506 e. The Labute approximate surface area is 77.6 Å². The molecular weight excluding hydrogens is 196 g/mol. The largest absolute Gasteiger partial charge is 0.506 e. The fourth-order valence-electron chi connectivity index (χ4n) is 1.04. The minimum atomic E-state index is 0.0472. The molecule has 0 unspecified atom stereocenters. The van der Waals surface area contributed by atoms with E-state index < -0.39 is 0 Å². The Balaban J connectivity index is 2.93. The standard InChI is InChI=1S/C8H5ClO2S/c9-7-5(10)2-1-4-6(11)3-12-8(4)7/h1-3,10-11H. The Hall–Kier alpha value is -0.930. The Bertz CT molecular complexity index is 436. The number of halogens is 1. The highest BCUT2D eigenvalue weighted by Crippen LogP contribution is 2.40. The summed E-state index contributed by atoms with van der Waals surface area (Å²) >= 11 is 7.10. The molecular formula is C8H5ClO2S. The van der Waals surface area contributed by atoms with Gasteiger partial charge in [0.15, 0.2) is 0 Å². The molecule has 1 aromatic carbocycles. The van der Waals surface area contributed by atoms with Crippen molar-refractivity contribution in [1.29, 1.82) is 0 Å². The average molecular weight is 201 g/mol. The van der Waals surface area contributed by atoms with Crippen LogP contribution >= 0.6 is 22.9 Å². The van der Waals surface area contributed by atoms with Gasteiger partial charge < -0.3 is 10.2 Å². The van der Waals surface area contributed by atoms with E-state index in [1.165, 1.54) is 17.4 Å². The molecule has 0 aliphatic carbocycles. The molecule has 2 aromatic rings. The number of thiophene rings is 1. The summed E-state index contributed by atoms with van der Waals surface area (Å²) in [4.78, 5) is 0. The quantitative estimate of drug-likeness (QED) is 0.687. The molecule has 62 valence electrons. The third kappa shape index (κ3) is 0.940. The maximum atomic E-state index is 9.30. The van der Waals surface area contributed by atoms with Crippen LogP contribution < -0.4 is 0 Å². The SMILES string of the molecule is Oc1ccc2c(O)csc2c1Cl. The number of benzene rings is 1. The van der Waals surface area contributed by atoms with Gasteiger partial charge in [-0.3, -0.25) is 0 Å². The summed E-state index contributed by atoms with van der Waals surface area (Å²) < 4.78 is 0.717. The van der Waals surface area contributed by atoms with E-state index in [-0.39, 0.29) is 11.5 Å². The zero-order chi connectivity index (χ0) is 8.72. The predicted octanol–water partition coefficient (Wildman–Crippen LogP) is 2.97. The first-order valence-electron chi connectivity index (χ1n) is 3.28. The van der Waals surface area contributed by atoms with Crippen molar-refractivity contribution < 1.29 is 10.2 Å². The number of aromatic hydroxyl groups is 2. The van der Waals surface area contributed by atoms with E-state index in [1.807, 2.05) is 0 Å². The van der Waals surface area contributed by atoms with Gasteiger partial charge >= 0.3 is 0 Å². The van der Waals surface area contributed by atoms with Crippen molar-refractivity contribution in [1.82, 2.24) is 0 Å². The van der Waals surface area contributed by atoms with E-state index in [9.17, 15) is 10.2 Å². The molecule has 0 aliphatic heterocycles. The molecule has 0 bridgehead atoms. The monoisotopic (exact) mass is 200 g/mol. The van der Waals surface area contributed by atoms with Crippen LogP contribution in [0.2, 0.25) is 5.02 Å². The molecule has 2 nitrogen and oxygen atoms in total. The smallest absolute Gasteiger partial charge is 0.135 e. The van der Waals surface area contributed by atoms with E-state index in [2.05, 4.69) is 0 Å². The van der Waals surface area contributed by atoms with E-state index in [1.54, 1.807) is 11.4 Å². The zero-order valence-electron chi connectivity index (χ0n) is 5.91. The fraction of sp³-hybridized carbons (Fsp3) is 0. The van der Waals surface area contributed by atoms with Gasteiger partial charge in [-0.05, 0) is 12.1 Å². The number of hydrogen-bond donors (Lipinski definition) is 2. The Kier molecular flexibility index (Phi) is 1.63. The minimum absolute atomic E-state index is 0.0472. The number of phenolic OH excluding ortho intramolecular Hbond substituents is 1. The Morgan fingerprint density at radius 2 is 1.92 bits per heavy atom. The van der Waals surface area contributed by atoms with Crippen LogP contribution in [0.4, 0.5) is 0 Å². The fourth-order valence-corrected chi connectivity index (χ4v) is 2.20. The molecule has 0 amide bonds. The van der Waals surface area contributed by atoms with Gasteiger partial charge in [0, 0.05) is 10.8 Å². The first-order valence-corrected chi connectivity index (χ1v) is 4.53. The molecule has 2 rings (SSSR count). The summed E-state index contributed by atoms with van der Waals surface area (Å²) in [5.41, 5.74) is 0. The van der Waals surface area contributed by atoms with Gasteiger partial charge in [0.25, 0.3) is 0 Å². The molecule has 0 saturated carbocycles. The molecule has 4 heteroatoms. The van der Waals surface area contributed by atoms with Crippen LogP contribution in [0.3, 0.4) is 0 Å². The Morgan fingerprint density at radius 3 is 2.67 bits per heavy atom. The number of hydrogen-bond acceptors (Lipinski definition) is 3. The lowest BCUT2D eigenvalue weighted by Gasteiger charge is -1.96. The maximum Gasteiger partial charge on any atom is 0.135 e. The molecule has 0 atom stereocenters. The summed E-state index contributed by atoms with van der Waals surface area (Å²) in [5.74, 6) is 0.253. The van der Waals surface area contributed by atoms with Crippen LogP contribution in [-0.4, -0.2) is 10.2 Å². The van der Waals surface area contributed by atoms with E-state index in [0.717, 1.165) is 0 Å². The van der Waals surface area contributed by atoms with Gasteiger partial charge in [0.05, 0.1) is 4.70 Å². The molecule has 0 aliphatic rings. The number of phenols is 1. The van der Waals surface area contributed by atoms with Crippen molar-refractivity contribution >= 4 is 33.0 Å². The molecule has 0 fully saturated rings. The highest BCUT2D eigenvalue weighted by Gasteiger charge is 2.08. The van der Waals surface area contributed by atoms with Crippen LogP contribution in [0.1, 0.15) is 0 Å². The highest BCUT2D eigenvalue weighted by molar-refractivity contribution is 7.18. The van der Waals surface area contributed by atoms with Crippen molar-refractivity contribution in [3.05, 3.63) is 22.5 Å². The maximum absolute atomic E-state index is 9.30. The van der Waals surface area contributed by atoms with Crippen LogP contribution in [0, 0.1) is 0 Å². The van der Waals surface area contributed by atoms with Crippen LogP contribution in [0.5, 0.6) is 11.5 Å². The van der Waals surface area contributed by atoms with Gasteiger partial charge in [-0.25, -0.2) is 0 Å². The average Bonchev–Trinajstić information content (AvgIpc) is 2.41. The van der Waals surface area contributed by atoms with Crippen LogP contribution in [0.15, 0.2) is 17.5 Å². The van der Waals surface area contributed by atoms with Crippen molar-refractivity contribution in [2.45, 2.75) is 0 Å². The second-order valence-corrected chi connectivity index (χ2v) is 3.65. The predicted molar refractivity (Wildman–Crippen MR) is 50.2 cm³/mol. The normalized spacial score (nSPS) is 10.8. The molecule has 1 heterocycles. The lowest BCUT2D eigenvalue weighted by Crippen LogP contribution is -1.68. The number of fused-ring (bicyclic) bond motifs is 1. The summed E-state index contributed by atoms with van der Waals surface area (Å²) in [6.07, 6.45) is 0. The first kappa shape index (κ1) is 7.71. The first-order chi connectivity index (χ1) is 5.70. The van der Waals surface area contributed by atoms with Gasteiger partial charge in [-0.1, -0.05) is 11.6 Å². The Morgan fingerprint density at radius 1 is 1.17 bits per heavy atom. The molecule has 2 N–H and O–H groups in total. The molecule has 12 heavy (non-hydrogen) atoms. The van der Waals surface area contributed by atoms with E-state index >= 15 is 0 Å². The second kappa shape index (κ2) is 2.54. The van der Waals surface area contributed by atoms with Gasteiger partial charge in [-0.15, -0.1) is 11.3 Å². The molecule has 0 radical (unpaired) electrons. The highest BCUT2D eigenvalue weighted by atomic mass is 35.5. The van der Waals surface area contributed by atoms with Gasteiger partial charge in [0.1, 0.15) is 16.5 Å². The van der Waals surface area contributed by atoms with E-state index in [0.29, 0.717) is 15.1 Å². The van der Waals surface area contributed by atoms with Crippen molar-refractivity contribution in [2.75, 3.05) is 0 Å². The lowest BCUT2D eigenvalue weighted by molar-refractivity contribution is 0.476. The van der Waals surface area contributed by atoms with Crippen molar-refractivity contribution in [3.8, 4) is 11.5 Å². The summed E-state index contributed by atoms with van der Waals surface area (Å²) in [5, 5.41) is 21.1. The molecule has 0 saturated heterocycles. The summed E-state index contributed by atoms with van der Waals surface area (Å²) in [6.45, 7) is 0. The summed E-state index contributed by atoms with van der Waals surface area (Å²) in [7, 11) is 0. The third-order valence-electron chi connectivity index (χ3n) is 1.64. The second-order valence-electron chi connectivity index (χ2n) is 2.40. The van der Waals surface area contributed by atoms with Gasteiger partial charge in [0.2, 0.25) is 0 Å². The van der Waals surface area contributed by atoms with Crippen LogP contribution in [-0.2, 0) is 0 Å². The van der Waals surface area contributed by atoms with Crippen molar-refractivity contribution in [3.63, 3.8) is 0 Å². The van der Waals surface area contributed by atoms with Gasteiger partial charge in [-0.2, -0.15) is 0 Å². The topological polar surface area (TPSA) is 40.5 Å². The van der Waals surface area contributed by atoms with E-state index in [4.69, 9.17) is 11.6 Å². The third-order valence-corrected chi connectivity index (χ3v) is 3.14. The van der Waals surface area contributed by atoms with Crippen LogP contribution in [0.25, 0.3) is 10.1 Å². The summed E-state index contributed by atoms with van der Waals surface area (Å²) in [6, 6.07) is 3.11.